The molecule has 7 atom stereocenters. The quantitative estimate of drug-likeness (QED) is 0.225. The van der Waals surface area contributed by atoms with Gasteiger partial charge in [0.15, 0.2) is 8.32 Å². The van der Waals surface area contributed by atoms with Gasteiger partial charge in [-0.25, -0.2) is 0 Å². The summed E-state index contributed by atoms with van der Waals surface area (Å²) < 4.78 is 33.4. The van der Waals surface area contributed by atoms with Crippen molar-refractivity contribution < 1.29 is 33.0 Å². The molecule has 3 aliphatic rings. The van der Waals surface area contributed by atoms with Gasteiger partial charge in [0.05, 0.1) is 18.8 Å². The van der Waals surface area contributed by atoms with Crippen molar-refractivity contribution in [3.8, 4) is 0 Å². The summed E-state index contributed by atoms with van der Waals surface area (Å²) in [4.78, 5) is 13.4. The third kappa shape index (κ3) is 7.05. The van der Waals surface area contributed by atoms with Gasteiger partial charge in [0.25, 0.3) is 8.32 Å². The van der Waals surface area contributed by atoms with Gasteiger partial charge in [-0.3, -0.25) is 4.79 Å². The lowest BCUT2D eigenvalue weighted by atomic mass is 9.78. The number of rotatable bonds is 11. The lowest BCUT2D eigenvalue weighted by molar-refractivity contribution is -0.367. The first kappa shape index (κ1) is 37.1. The van der Waals surface area contributed by atoms with Crippen LogP contribution in [0.15, 0.2) is 72.8 Å². The summed E-state index contributed by atoms with van der Waals surface area (Å²) in [6, 6.07) is 20.6. The van der Waals surface area contributed by atoms with Crippen LogP contribution in [0.4, 0.5) is 0 Å². The molecule has 0 saturated carbocycles. The molecule has 10 heteroatoms. The van der Waals surface area contributed by atoms with E-state index in [1.807, 2.05) is 43.3 Å². The van der Waals surface area contributed by atoms with Crippen molar-refractivity contribution in [2.75, 3.05) is 13.4 Å². The van der Waals surface area contributed by atoms with Crippen LogP contribution in [0.25, 0.3) is 0 Å². The average Bonchev–Trinajstić information content (AvgIpc) is 3.02. The van der Waals surface area contributed by atoms with Crippen LogP contribution in [-0.4, -0.2) is 71.4 Å². The second-order valence-electron chi connectivity index (χ2n) is 16.4. The van der Waals surface area contributed by atoms with Gasteiger partial charge in [-0.2, -0.15) is 0 Å². The second-order valence-corrected chi connectivity index (χ2v) is 25.4. The van der Waals surface area contributed by atoms with Crippen LogP contribution in [0.1, 0.15) is 67.7 Å². The Morgan fingerprint density at radius 1 is 0.979 bits per heavy atom. The number of hydrogen-bond donors (Lipinski definition) is 2. The minimum absolute atomic E-state index is 0.0102. The van der Waals surface area contributed by atoms with E-state index in [9.17, 15) is 9.90 Å². The highest BCUT2D eigenvalue weighted by molar-refractivity contribution is 6.99. The number of amides is 1. The van der Waals surface area contributed by atoms with Gasteiger partial charge >= 0.3 is 0 Å². The maximum Gasteiger partial charge on any atom is 0.267 e. The SMILES string of the molecule is C=C(CO[Si](C)(C)C(C)(C)C)[C@@H](CC)[C@H](O)[C@H]1OCO[C@H]2[C@H]3CC(=O)N[C@@](O[Si](c4ccccc4)(c4ccccc4)C(C)(C)C)(C3)O[C@@H]12. The van der Waals surface area contributed by atoms with Crippen LogP contribution >= 0.6 is 0 Å². The molecule has 3 heterocycles. The van der Waals surface area contributed by atoms with Crippen LogP contribution in [0.5, 0.6) is 0 Å². The van der Waals surface area contributed by atoms with Crippen molar-refractivity contribution in [1.29, 1.82) is 0 Å². The van der Waals surface area contributed by atoms with Gasteiger partial charge in [0, 0.05) is 24.7 Å². The zero-order valence-electron chi connectivity index (χ0n) is 30.4. The Morgan fingerprint density at radius 3 is 2.08 bits per heavy atom. The van der Waals surface area contributed by atoms with Crippen molar-refractivity contribution in [2.24, 2.45) is 11.8 Å². The van der Waals surface area contributed by atoms with E-state index < -0.39 is 47.0 Å². The molecule has 8 nitrogen and oxygen atoms in total. The Hall–Kier alpha value is -2.16. The van der Waals surface area contributed by atoms with E-state index in [2.05, 4.69) is 90.8 Å². The molecule has 2 aromatic carbocycles. The third-order valence-corrected chi connectivity index (χ3v) is 20.7. The van der Waals surface area contributed by atoms with Crippen LogP contribution in [0, 0.1) is 11.8 Å². The van der Waals surface area contributed by atoms with Gasteiger partial charge in [0.1, 0.15) is 19.0 Å². The normalized spacial score (nSPS) is 27.8. The standard InChI is InChI=1S/C38H57NO7Si2/c1-11-30(26(2)24-44-47(9,10)36(3,4)5)32(41)34-35-33(42-25-43-34)27-22-31(40)39-38(23-27,45-35)46-48(37(6,7)8,28-18-14-12-15-19-28)29-20-16-13-17-21-29/h12-21,27,30,32-35,41H,2,11,22-25H2,1,3-10H3,(H,39,40)/t27-,30+,32-,33-,34+,35+,38-/m0/s1. The number of nitrogens with one attached hydrogen (secondary N) is 1. The van der Waals surface area contributed by atoms with Crippen molar-refractivity contribution >= 4 is 32.9 Å². The molecule has 2 N–H and O–H groups in total. The lowest BCUT2D eigenvalue weighted by Crippen LogP contribution is -2.77. The highest BCUT2D eigenvalue weighted by Crippen LogP contribution is 2.48. The average molecular weight is 696 g/mol. The maximum absolute atomic E-state index is 13.4. The number of carbonyl (C=O) groups excluding carboxylic acids is 1. The number of hydrogen-bond acceptors (Lipinski definition) is 7. The lowest BCUT2D eigenvalue weighted by Gasteiger charge is -2.58. The summed E-state index contributed by atoms with van der Waals surface area (Å²) in [6.07, 6.45) is -1.41. The molecule has 48 heavy (non-hydrogen) atoms. The van der Waals surface area contributed by atoms with Crippen molar-refractivity contribution in [3.63, 3.8) is 0 Å². The fraction of sp³-hybridized carbons (Fsp3) is 0.605. The molecule has 3 aliphatic heterocycles. The molecular formula is C38H57NO7Si2. The molecule has 0 spiro atoms. The number of piperidine rings is 1. The molecule has 5 rings (SSSR count). The Morgan fingerprint density at radius 2 is 1.56 bits per heavy atom. The summed E-state index contributed by atoms with van der Waals surface area (Å²) in [7, 11) is -5.19. The van der Waals surface area contributed by atoms with E-state index in [4.69, 9.17) is 23.1 Å². The monoisotopic (exact) mass is 695 g/mol. The summed E-state index contributed by atoms with van der Waals surface area (Å²) in [5.41, 5.74) is 0.837. The maximum atomic E-state index is 13.4. The van der Waals surface area contributed by atoms with Gasteiger partial charge < -0.3 is 33.5 Å². The Labute approximate surface area is 289 Å². The number of ether oxygens (including phenoxy) is 3. The van der Waals surface area contributed by atoms with E-state index in [1.165, 1.54) is 0 Å². The van der Waals surface area contributed by atoms with E-state index in [0.29, 0.717) is 19.4 Å². The van der Waals surface area contributed by atoms with Crippen molar-refractivity contribution in [3.05, 3.63) is 72.8 Å². The summed E-state index contributed by atoms with van der Waals surface area (Å²) >= 11 is 0. The first-order valence-corrected chi connectivity index (χ1v) is 22.3. The van der Waals surface area contributed by atoms with Gasteiger partial charge in [0.2, 0.25) is 11.8 Å². The van der Waals surface area contributed by atoms with E-state index in [0.717, 1.165) is 15.9 Å². The minimum Gasteiger partial charge on any atom is -0.413 e. The molecule has 0 unspecified atom stereocenters. The molecule has 2 bridgehead atoms. The molecule has 2 aromatic rings. The number of benzene rings is 2. The summed E-state index contributed by atoms with van der Waals surface area (Å²) in [5, 5.41) is 17.1. The number of fused-ring (bicyclic) bond motifs is 4. The molecular weight excluding hydrogens is 639 g/mol. The Bertz CT molecular complexity index is 1380. The van der Waals surface area contributed by atoms with Gasteiger partial charge in [-0.05, 0) is 45.5 Å². The topological polar surface area (TPSA) is 95.5 Å². The fourth-order valence-corrected chi connectivity index (χ4v) is 13.1. The molecule has 3 fully saturated rings. The van der Waals surface area contributed by atoms with E-state index >= 15 is 0 Å². The van der Waals surface area contributed by atoms with Crippen molar-refractivity contribution in [1.82, 2.24) is 5.32 Å². The molecule has 264 valence electrons. The molecule has 1 amide bonds. The Kier molecular flexibility index (Phi) is 10.7. The molecule has 3 saturated heterocycles. The predicted molar refractivity (Wildman–Crippen MR) is 194 cm³/mol. The minimum atomic E-state index is -3.16. The molecule has 0 aliphatic carbocycles. The van der Waals surface area contributed by atoms with Gasteiger partial charge in [-0.1, -0.05) is 116 Å². The fourth-order valence-electron chi connectivity index (χ4n) is 7.49. The second kappa shape index (κ2) is 13.9. The summed E-state index contributed by atoms with van der Waals surface area (Å²) in [5.74, 6) is -2.05. The number of carbonyl (C=O) groups is 1. The highest BCUT2D eigenvalue weighted by Gasteiger charge is 2.63. The first-order valence-electron chi connectivity index (χ1n) is 17.5. The van der Waals surface area contributed by atoms with Crippen LogP contribution in [0.3, 0.4) is 0 Å². The first-order chi connectivity index (χ1) is 22.4. The summed E-state index contributed by atoms with van der Waals surface area (Å²) in [6.45, 7) is 24.5. The van der Waals surface area contributed by atoms with Crippen LogP contribution < -0.4 is 15.7 Å². The number of aliphatic hydroxyl groups is 1. The molecule has 0 radical (unpaired) electrons. The highest BCUT2D eigenvalue weighted by atomic mass is 28.4. The van der Waals surface area contributed by atoms with E-state index in [1.54, 1.807) is 0 Å². The van der Waals surface area contributed by atoms with E-state index in [-0.39, 0.29) is 41.0 Å². The number of aliphatic hydroxyl groups excluding tert-OH is 1. The van der Waals surface area contributed by atoms with Crippen LogP contribution in [-0.2, 0) is 27.9 Å². The third-order valence-electron chi connectivity index (χ3n) is 11.1. The zero-order chi connectivity index (χ0) is 35.1. The van der Waals surface area contributed by atoms with Crippen LogP contribution in [0.2, 0.25) is 23.2 Å². The van der Waals surface area contributed by atoms with Gasteiger partial charge in [-0.15, -0.1) is 0 Å². The Balaban J connectivity index is 1.50. The predicted octanol–water partition coefficient (Wildman–Crippen LogP) is 5.85. The largest absolute Gasteiger partial charge is 0.413 e. The zero-order valence-corrected chi connectivity index (χ0v) is 32.4. The van der Waals surface area contributed by atoms with Crippen molar-refractivity contribution in [2.45, 2.75) is 121 Å². The smallest absolute Gasteiger partial charge is 0.267 e. The molecule has 0 aromatic heterocycles.